The molecule has 0 bridgehead atoms. The van der Waals surface area contributed by atoms with Crippen LogP contribution in [0.15, 0.2) is 18.5 Å². The molecule has 1 N–H and O–H groups in total. The van der Waals surface area contributed by atoms with Crippen LogP contribution in [0.5, 0.6) is 0 Å². The van der Waals surface area contributed by atoms with E-state index in [0.29, 0.717) is 13.0 Å². The van der Waals surface area contributed by atoms with E-state index in [9.17, 15) is 4.79 Å². The molecule has 2 heterocycles. The first kappa shape index (κ1) is 15.9. The zero-order valence-corrected chi connectivity index (χ0v) is 14.0. The lowest BCUT2D eigenvalue weighted by Crippen LogP contribution is -2.56. The van der Waals surface area contributed by atoms with Gasteiger partial charge in [-0.3, -0.25) is 14.4 Å². The molecule has 1 saturated carbocycles. The molecule has 0 atom stereocenters. The van der Waals surface area contributed by atoms with E-state index < -0.39 is 0 Å². The molecule has 3 rings (SSSR count). The Morgan fingerprint density at radius 3 is 2.73 bits per heavy atom. The summed E-state index contributed by atoms with van der Waals surface area (Å²) >= 11 is 2.05. The Labute approximate surface area is 136 Å². The zero-order chi connectivity index (χ0) is 15.3. The number of hydrogen-bond acceptors (Lipinski definition) is 4. The maximum absolute atomic E-state index is 12.1. The average Bonchev–Trinajstić information content (AvgIpc) is 3.24. The van der Waals surface area contributed by atoms with Crippen LogP contribution in [0.1, 0.15) is 32.1 Å². The summed E-state index contributed by atoms with van der Waals surface area (Å²) in [7, 11) is 0. The molecule has 0 unspecified atom stereocenters. The van der Waals surface area contributed by atoms with Crippen molar-refractivity contribution in [2.24, 2.45) is 0 Å². The van der Waals surface area contributed by atoms with Crippen LogP contribution < -0.4 is 5.32 Å². The second-order valence-corrected chi connectivity index (χ2v) is 7.55. The summed E-state index contributed by atoms with van der Waals surface area (Å²) in [6.07, 6.45) is 9.22. The number of amides is 1. The molecule has 0 aromatic carbocycles. The number of carbonyl (C=O) groups is 1. The lowest BCUT2D eigenvalue weighted by atomic mass is 9.94. The van der Waals surface area contributed by atoms with Gasteiger partial charge in [0.2, 0.25) is 5.91 Å². The molecule has 0 radical (unpaired) electrons. The van der Waals surface area contributed by atoms with Crippen molar-refractivity contribution in [1.82, 2.24) is 20.0 Å². The van der Waals surface area contributed by atoms with Gasteiger partial charge in [-0.05, 0) is 18.9 Å². The van der Waals surface area contributed by atoms with Gasteiger partial charge in [-0.1, -0.05) is 12.8 Å². The van der Waals surface area contributed by atoms with Crippen LogP contribution in [-0.4, -0.2) is 57.3 Å². The second kappa shape index (κ2) is 7.51. The van der Waals surface area contributed by atoms with Crippen LogP contribution in [0.2, 0.25) is 0 Å². The number of hydrogen-bond donors (Lipinski definition) is 1. The molecule has 2 aliphatic rings. The molecule has 122 valence electrons. The third-order valence-electron chi connectivity index (χ3n) is 4.96. The van der Waals surface area contributed by atoms with E-state index in [1.807, 2.05) is 28.7 Å². The predicted molar refractivity (Wildman–Crippen MR) is 90.0 cm³/mol. The number of nitrogens with zero attached hydrogens (tertiary/aromatic N) is 3. The van der Waals surface area contributed by atoms with Gasteiger partial charge in [0, 0.05) is 62.0 Å². The molecule has 22 heavy (non-hydrogen) atoms. The Kier molecular flexibility index (Phi) is 5.41. The van der Waals surface area contributed by atoms with Gasteiger partial charge in [0.15, 0.2) is 0 Å². The first-order valence-electron chi connectivity index (χ1n) is 8.35. The van der Waals surface area contributed by atoms with Gasteiger partial charge in [0.25, 0.3) is 0 Å². The number of rotatable bonds is 6. The van der Waals surface area contributed by atoms with Crippen molar-refractivity contribution in [3.63, 3.8) is 0 Å². The molecule has 1 aliphatic heterocycles. The van der Waals surface area contributed by atoms with Crippen molar-refractivity contribution in [1.29, 1.82) is 0 Å². The quantitative estimate of drug-likeness (QED) is 0.867. The van der Waals surface area contributed by atoms with Gasteiger partial charge in [-0.25, -0.2) is 0 Å². The van der Waals surface area contributed by atoms with E-state index in [4.69, 9.17) is 0 Å². The Balaban J connectivity index is 1.49. The van der Waals surface area contributed by atoms with Gasteiger partial charge >= 0.3 is 0 Å². The fourth-order valence-electron chi connectivity index (χ4n) is 3.68. The van der Waals surface area contributed by atoms with E-state index in [-0.39, 0.29) is 11.4 Å². The van der Waals surface area contributed by atoms with Gasteiger partial charge in [0.05, 0.1) is 0 Å². The van der Waals surface area contributed by atoms with Crippen LogP contribution >= 0.6 is 11.8 Å². The summed E-state index contributed by atoms with van der Waals surface area (Å²) in [6, 6.07) is 1.89. The average molecular weight is 322 g/mol. The minimum Gasteiger partial charge on any atom is -0.354 e. The molecule has 1 aliphatic carbocycles. The monoisotopic (exact) mass is 322 g/mol. The van der Waals surface area contributed by atoms with Crippen molar-refractivity contribution >= 4 is 17.7 Å². The molecule has 5 nitrogen and oxygen atoms in total. The topological polar surface area (TPSA) is 50.2 Å². The number of aromatic nitrogens is 2. The molecule has 1 aromatic heterocycles. The summed E-state index contributed by atoms with van der Waals surface area (Å²) in [4.78, 5) is 14.8. The van der Waals surface area contributed by atoms with Gasteiger partial charge in [0.1, 0.15) is 0 Å². The Hall–Kier alpha value is -1.01. The van der Waals surface area contributed by atoms with Crippen LogP contribution in [0.4, 0.5) is 0 Å². The molecule has 6 heteroatoms. The lowest BCUT2D eigenvalue weighted by Gasteiger charge is -2.43. The maximum atomic E-state index is 12.1. The van der Waals surface area contributed by atoms with E-state index in [0.717, 1.165) is 6.54 Å². The van der Waals surface area contributed by atoms with E-state index in [2.05, 4.69) is 15.3 Å². The SMILES string of the molecule is O=C(CCn1cccn1)NCC1(N2CCSCC2)CCCC1. The first-order valence-corrected chi connectivity index (χ1v) is 9.51. The summed E-state index contributed by atoms with van der Waals surface area (Å²) < 4.78 is 1.81. The fourth-order valence-corrected chi connectivity index (χ4v) is 4.58. The molecule has 2 fully saturated rings. The van der Waals surface area contributed by atoms with Crippen molar-refractivity contribution in [3.8, 4) is 0 Å². The Morgan fingerprint density at radius 1 is 1.27 bits per heavy atom. The molecule has 1 saturated heterocycles. The number of nitrogens with one attached hydrogen (secondary N) is 1. The highest BCUT2D eigenvalue weighted by atomic mass is 32.2. The molecule has 1 amide bonds. The minimum atomic E-state index is 0.146. The van der Waals surface area contributed by atoms with Crippen LogP contribution in [0, 0.1) is 0 Å². The van der Waals surface area contributed by atoms with E-state index in [1.54, 1.807) is 6.20 Å². The Morgan fingerprint density at radius 2 is 2.05 bits per heavy atom. The largest absolute Gasteiger partial charge is 0.354 e. The fraction of sp³-hybridized carbons (Fsp3) is 0.750. The highest BCUT2D eigenvalue weighted by molar-refractivity contribution is 7.99. The molecule has 1 aromatic rings. The summed E-state index contributed by atoms with van der Waals surface area (Å²) in [5.41, 5.74) is 0.225. The van der Waals surface area contributed by atoms with Gasteiger partial charge in [-0.2, -0.15) is 16.9 Å². The van der Waals surface area contributed by atoms with Crippen molar-refractivity contribution in [2.75, 3.05) is 31.1 Å². The van der Waals surface area contributed by atoms with Crippen molar-refractivity contribution in [3.05, 3.63) is 18.5 Å². The minimum absolute atomic E-state index is 0.146. The third kappa shape index (κ3) is 3.84. The highest BCUT2D eigenvalue weighted by Gasteiger charge is 2.40. The smallest absolute Gasteiger partial charge is 0.221 e. The van der Waals surface area contributed by atoms with Gasteiger partial charge in [-0.15, -0.1) is 0 Å². The standard InChI is InChI=1S/C16H26N4OS/c21-15(4-9-20-8-3-7-18-20)17-14-16(5-1-2-6-16)19-10-12-22-13-11-19/h3,7-8H,1-2,4-6,9-14H2,(H,17,21). The van der Waals surface area contributed by atoms with Crippen LogP contribution in [0.3, 0.4) is 0 Å². The summed E-state index contributed by atoms with van der Waals surface area (Å²) in [6.45, 7) is 3.82. The van der Waals surface area contributed by atoms with Crippen LogP contribution in [0.25, 0.3) is 0 Å². The number of aryl methyl sites for hydroxylation is 1. The third-order valence-corrected chi connectivity index (χ3v) is 5.90. The van der Waals surface area contributed by atoms with Gasteiger partial charge < -0.3 is 5.32 Å². The summed E-state index contributed by atoms with van der Waals surface area (Å²) in [5.74, 6) is 2.61. The first-order chi connectivity index (χ1) is 10.8. The molecular formula is C16H26N4OS. The second-order valence-electron chi connectivity index (χ2n) is 6.33. The summed E-state index contributed by atoms with van der Waals surface area (Å²) in [5, 5.41) is 7.34. The lowest BCUT2D eigenvalue weighted by molar-refractivity contribution is -0.122. The van der Waals surface area contributed by atoms with E-state index in [1.165, 1.54) is 50.3 Å². The highest BCUT2D eigenvalue weighted by Crippen LogP contribution is 2.36. The van der Waals surface area contributed by atoms with Crippen LogP contribution in [-0.2, 0) is 11.3 Å². The maximum Gasteiger partial charge on any atom is 0.221 e. The number of carbonyl (C=O) groups excluding carboxylic acids is 1. The molecule has 0 spiro atoms. The Bertz CT molecular complexity index is 465. The number of thioether (sulfide) groups is 1. The van der Waals surface area contributed by atoms with Crippen molar-refractivity contribution in [2.45, 2.75) is 44.2 Å². The van der Waals surface area contributed by atoms with Crippen molar-refractivity contribution < 1.29 is 4.79 Å². The zero-order valence-electron chi connectivity index (χ0n) is 13.2. The normalized spacial score (nSPS) is 21.8. The predicted octanol–water partition coefficient (Wildman–Crippen LogP) is 1.75. The molecular weight excluding hydrogens is 296 g/mol. The van der Waals surface area contributed by atoms with E-state index >= 15 is 0 Å².